The second kappa shape index (κ2) is 13.7. The lowest BCUT2D eigenvalue weighted by Gasteiger charge is -2.01. The Kier molecular flexibility index (Phi) is 9.73. The maximum absolute atomic E-state index is 12.2. The van der Waals surface area contributed by atoms with Gasteiger partial charge in [-0.1, -0.05) is 96.2 Å². The van der Waals surface area contributed by atoms with Crippen molar-refractivity contribution in [2.75, 3.05) is 17.2 Å². The molecule has 0 aliphatic rings. The van der Waals surface area contributed by atoms with Crippen molar-refractivity contribution in [3.05, 3.63) is 81.8 Å². The van der Waals surface area contributed by atoms with Crippen molar-refractivity contribution in [2.24, 2.45) is 0 Å². The van der Waals surface area contributed by atoms with Crippen molar-refractivity contribution in [1.29, 1.82) is 0 Å². The van der Waals surface area contributed by atoms with Gasteiger partial charge in [0.05, 0.1) is 6.42 Å². The lowest BCUT2D eigenvalue weighted by atomic mass is 10.1. The number of aryl methyl sites for hydroxylation is 2. The molecule has 2 aromatic carbocycles. The molecule has 2 N–H and O–H groups in total. The Bertz CT molecular complexity index is 1160. The van der Waals surface area contributed by atoms with Gasteiger partial charge in [0.25, 0.3) is 0 Å². The van der Waals surface area contributed by atoms with Crippen LogP contribution in [0.3, 0.4) is 0 Å². The first kappa shape index (κ1) is 24.9. The Hall–Kier alpha value is -3.17. The lowest BCUT2D eigenvalue weighted by molar-refractivity contribution is -0.115. The molecule has 2 heterocycles. The highest BCUT2D eigenvalue weighted by atomic mass is 32.1. The molecule has 0 spiro atoms. The largest absolute Gasteiger partial charge is 0.360 e. The molecule has 1 amide bonds. The van der Waals surface area contributed by atoms with Crippen LogP contribution in [-0.2, 0) is 30.5 Å². The summed E-state index contributed by atoms with van der Waals surface area (Å²) in [6, 6.07) is 20.1. The number of amides is 1. The SMILES string of the molecule is O=C(Cc1ccccc1)Nc1nnc(CCCCCCc2nnc(NCCc3ccccc3)s2)s1. The molecule has 7 nitrogen and oxygen atoms in total. The number of aromatic nitrogens is 4. The minimum Gasteiger partial charge on any atom is -0.360 e. The van der Waals surface area contributed by atoms with Crippen LogP contribution in [0.25, 0.3) is 0 Å². The molecule has 0 aliphatic carbocycles. The van der Waals surface area contributed by atoms with Crippen molar-refractivity contribution in [3.8, 4) is 0 Å². The van der Waals surface area contributed by atoms with Gasteiger partial charge in [-0.05, 0) is 30.4 Å². The summed E-state index contributed by atoms with van der Waals surface area (Å²) in [5.74, 6) is -0.0647. The maximum atomic E-state index is 12.2. The van der Waals surface area contributed by atoms with Gasteiger partial charge < -0.3 is 10.6 Å². The molecule has 0 saturated heterocycles. The molecule has 35 heavy (non-hydrogen) atoms. The highest BCUT2D eigenvalue weighted by molar-refractivity contribution is 7.15. The predicted molar refractivity (Wildman–Crippen MR) is 143 cm³/mol. The van der Waals surface area contributed by atoms with E-state index in [9.17, 15) is 4.79 Å². The number of benzene rings is 2. The van der Waals surface area contributed by atoms with Gasteiger partial charge >= 0.3 is 0 Å². The van der Waals surface area contributed by atoms with Crippen LogP contribution in [0.15, 0.2) is 60.7 Å². The predicted octanol–water partition coefficient (Wildman–Crippen LogP) is 5.57. The minimum absolute atomic E-state index is 0.0647. The Morgan fingerprint density at radius 1 is 0.657 bits per heavy atom. The number of hydrogen-bond acceptors (Lipinski definition) is 8. The number of hydrogen-bond donors (Lipinski definition) is 2. The topological polar surface area (TPSA) is 92.7 Å². The zero-order chi connectivity index (χ0) is 24.1. The van der Waals surface area contributed by atoms with Gasteiger partial charge in [0, 0.05) is 19.4 Å². The summed E-state index contributed by atoms with van der Waals surface area (Å²) in [5, 5.41) is 26.7. The standard InChI is InChI=1S/C26H30N6OS2/c33-22(19-21-13-7-4-8-14-21)28-26-32-30-24(35-26)16-10-2-1-9-15-23-29-31-25(34-23)27-18-17-20-11-5-3-6-12-20/h3-8,11-14H,1-2,9-10,15-19H2,(H,27,31)(H,28,32,33). The molecule has 0 bridgehead atoms. The fraction of sp³-hybridized carbons (Fsp3) is 0.346. The first-order valence-electron chi connectivity index (χ1n) is 12.0. The first-order valence-corrected chi connectivity index (χ1v) is 13.6. The molecule has 0 aliphatic heterocycles. The normalized spacial score (nSPS) is 10.9. The number of nitrogens with one attached hydrogen (secondary N) is 2. The summed E-state index contributed by atoms with van der Waals surface area (Å²) in [7, 11) is 0. The average molecular weight is 507 g/mol. The van der Waals surface area contributed by atoms with Crippen LogP contribution in [0.4, 0.5) is 10.3 Å². The van der Waals surface area contributed by atoms with E-state index in [4.69, 9.17) is 0 Å². The molecule has 0 atom stereocenters. The summed E-state index contributed by atoms with van der Waals surface area (Å²) in [5.41, 5.74) is 2.31. The van der Waals surface area contributed by atoms with Crippen LogP contribution in [-0.4, -0.2) is 32.8 Å². The molecular weight excluding hydrogens is 476 g/mol. The quantitative estimate of drug-likeness (QED) is 0.217. The minimum atomic E-state index is -0.0647. The zero-order valence-corrected chi connectivity index (χ0v) is 21.3. The summed E-state index contributed by atoms with van der Waals surface area (Å²) in [4.78, 5) is 12.2. The Morgan fingerprint density at radius 3 is 1.89 bits per heavy atom. The first-order chi connectivity index (χ1) is 17.2. The number of carbonyl (C=O) groups is 1. The number of rotatable bonds is 14. The number of anilines is 2. The van der Waals surface area contributed by atoms with E-state index in [1.54, 1.807) is 11.3 Å². The summed E-state index contributed by atoms with van der Waals surface area (Å²) in [6.07, 6.45) is 7.63. The smallest absolute Gasteiger partial charge is 0.230 e. The Balaban J connectivity index is 1.06. The van der Waals surface area contributed by atoms with E-state index in [1.165, 1.54) is 16.9 Å². The molecule has 4 aromatic rings. The van der Waals surface area contributed by atoms with E-state index in [0.29, 0.717) is 11.6 Å². The van der Waals surface area contributed by atoms with Gasteiger partial charge in [-0.3, -0.25) is 4.79 Å². The van der Waals surface area contributed by atoms with Crippen molar-refractivity contribution in [3.63, 3.8) is 0 Å². The van der Waals surface area contributed by atoms with Gasteiger partial charge in [-0.25, -0.2) is 0 Å². The Labute approximate surface area is 214 Å². The molecule has 9 heteroatoms. The van der Waals surface area contributed by atoms with E-state index in [2.05, 4.69) is 55.3 Å². The van der Waals surface area contributed by atoms with Crippen LogP contribution in [0.1, 0.15) is 46.8 Å². The van der Waals surface area contributed by atoms with Crippen molar-refractivity contribution >= 4 is 38.8 Å². The highest BCUT2D eigenvalue weighted by Crippen LogP contribution is 2.20. The van der Waals surface area contributed by atoms with Crippen molar-refractivity contribution in [2.45, 2.75) is 51.4 Å². The van der Waals surface area contributed by atoms with E-state index in [0.717, 1.165) is 72.2 Å². The molecule has 0 saturated carbocycles. The average Bonchev–Trinajstić information content (AvgIpc) is 3.52. The van der Waals surface area contributed by atoms with Gasteiger partial charge in [0.15, 0.2) is 0 Å². The number of nitrogens with zero attached hydrogens (tertiary/aromatic N) is 4. The van der Waals surface area contributed by atoms with Crippen LogP contribution >= 0.6 is 22.7 Å². The fourth-order valence-corrected chi connectivity index (χ4v) is 5.25. The second-order valence-electron chi connectivity index (χ2n) is 8.29. The second-order valence-corrected chi connectivity index (χ2v) is 10.4. The third kappa shape index (κ3) is 8.84. The molecule has 4 rings (SSSR count). The van der Waals surface area contributed by atoms with E-state index >= 15 is 0 Å². The van der Waals surface area contributed by atoms with Gasteiger partial charge in [0.1, 0.15) is 10.0 Å². The molecular formula is C26H30N6OS2. The van der Waals surface area contributed by atoms with E-state index in [-0.39, 0.29) is 5.91 Å². The van der Waals surface area contributed by atoms with Crippen molar-refractivity contribution in [1.82, 2.24) is 20.4 Å². The Morgan fingerprint density at radius 2 is 1.23 bits per heavy atom. The number of carbonyl (C=O) groups excluding carboxylic acids is 1. The summed E-state index contributed by atoms with van der Waals surface area (Å²) in [6.45, 7) is 0.864. The number of unbranched alkanes of at least 4 members (excludes halogenated alkanes) is 3. The lowest BCUT2D eigenvalue weighted by Crippen LogP contribution is -2.14. The third-order valence-electron chi connectivity index (χ3n) is 5.45. The van der Waals surface area contributed by atoms with Crippen LogP contribution in [0.2, 0.25) is 0 Å². The van der Waals surface area contributed by atoms with Crippen molar-refractivity contribution < 1.29 is 4.79 Å². The maximum Gasteiger partial charge on any atom is 0.230 e. The molecule has 0 fully saturated rings. The fourth-order valence-electron chi connectivity index (χ4n) is 3.64. The van der Waals surface area contributed by atoms with Gasteiger partial charge in [0.2, 0.25) is 16.2 Å². The molecule has 182 valence electrons. The van der Waals surface area contributed by atoms with Gasteiger partial charge in [-0.2, -0.15) is 0 Å². The third-order valence-corrected chi connectivity index (χ3v) is 7.29. The van der Waals surface area contributed by atoms with E-state index in [1.807, 2.05) is 36.4 Å². The van der Waals surface area contributed by atoms with Crippen LogP contribution in [0.5, 0.6) is 0 Å². The summed E-state index contributed by atoms with van der Waals surface area (Å²) < 4.78 is 0. The van der Waals surface area contributed by atoms with E-state index < -0.39 is 0 Å². The molecule has 0 unspecified atom stereocenters. The van der Waals surface area contributed by atoms with Crippen LogP contribution < -0.4 is 10.6 Å². The molecule has 0 radical (unpaired) electrons. The monoisotopic (exact) mass is 506 g/mol. The molecule has 2 aromatic heterocycles. The zero-order valence-electron chi connectivity index (χ0n) is 19.7. The van der Waals surface area contributed by atoms with Gasteiger partial charge in [-0.15, -0.1) is 20.4 Å². The highest BCUT2D eigenvalue weighted by Gasteiger charge is 2.09. The summed E-state index contributed by atoms with van der Waals surface area (Å²) >= 11 is 3.11. The van der Waals surface area contributed by atoms with Crippen LogP contribution in [0, 0.1) is 0 Å².